The van der Waals surface area contributed by atoms with E-state index in [0.29, 0.717) is 12.2 Å². The minimum Gasteiger partial charge on any atom is -0.382 e. The van der Waals surface area contributed by atoms with Gasteiger partial charge in [-0.2, -0.15) is 0 Å². The van der Waals surface area contributed by atoms with Gasteiger partial charge >= 0.3 is 0 Å². The quantitative estimate of drug-likeness (QED) is 0.583. The molecule has 1 aliphatic rings. The third-order valence-electron chi connectivity index (χ3n) is 2.77. The molecule has 0 bridgehead atoms. The van der Waals surface area contributed by atoms with Crippen molar-refractivity contribution in [2.45, 2.75) is 51.7 Å². The molecule has 1 rings (SSSR count). The fourth-order valence-electron chi connectivity index (χ4n) is 1.92. The van der Waals surface area contributed by atoms with E-state index in [9.17, 15) is 0 Å². The van der Waals surface area contributed by atoms with E-state index in [1.807, 2.05) is 13.8 Å². The summed E-state index contributed by atoms with van der Waals surface area (Å²) in [6.45, 7) is 7.33. The van der Waals surface area contributed by atoms with E-state index >= 15 is 0 Å². The number of hydrogen-bond acceptors (Lipinski definition) is 3. The molecule has 0 aromatic rings. The van der Waals surface area contributed by atoms with Gasteiger partial charge in [-0.15, -0.1) is 0 Å². The molecular weight excluding hydrogens is 192 g/mol. The maximum absolute atomic E-state index is 5.89. The molecular formula is C12H24O3. The molecule has 2 atom stereocenters. The summed E-state index contributed by atoms with van der Waals surface area (Å²) < 4.78 is 16.5. The van der Waals surface area contributed by atoms with Gasteiger partial charge in [0.1, 0.15) is 0 Å². The lowest BCUT2D eigenvalue weighted by molar-refractivity contribution is 0.00424. The van der Waals surface area contributed by atoms with Crippen molar-refractivity contribution in [2.24, 2.45) is 0 Å². The summed E-state index contributed by atoms with van der Waals surface area (Å²) in [5.74, 6) is 0. The average Bonchev–Trinajstić information content (AvgIpc) is 2.67. The number of hydrogen-bond donors (Lipinski definition) is 0. The van der Waals surface area contributed by atoms with Crippen molar-refractivity contribution >= 4 is 0 Å². The minimum atomic E-state index is 0.420. The maximum atomic E-state index is 5.89. The first-order valence-corrected chi connectivity index (χ1v) is 6.17. The third kappa shape index (κ3) is 5.50. The van der Waals surface area contributed by atoms with Crippen molar-refractivity contribution in [3.05, 3.63) is 0 Å². The van der Waals surface area contributed by atoms with Crippen LogP contribution in [0.5, 0.6) is 0 Å². The lowest BCUT2D eigenvalue weighted by Crippen LogP contribution is -2.15. The van der Waals surface area contributed by atoms with E-state index in [0.717, 1.165) is 39.3 Å². The normalized spacial score (nSPS) is 26.0. The summed E-state index contributed by atoms with van der Waals surface area (Å²) in [5.41, 5.74) is 0. The standard InChI is InChI=1S/C12H24O3/c1-3-13-9-7-11-5-6-12(15-11)8-10-14-4-2/h11-12H,3-10H2,1-2H3. The SMILES string of the molecule is CCOCCC1CCC(CCOCC)O1. The minimum absolute atomic E-state index is 0.420. The summed E-state index contributed by atoms with van der Waals surface area (Å²) in [5, 5.41) is 0. The Labute approximate surface area is 93.1 Å². The molecule has 0 spiro atoms. The zero-order valence-electron chi connectivity index (χ0n) is 10.0. The molecule has 0 saturated carbocycles. The first-order chi connectivity index (χ1) is 7.36. The van der Waals surface area contributed by atoms with Crippen molar-refractivity contribution in [1.82, 2.24) is 0 Å². The van der Waals surface area contributed by atoms with Crippen LogP contribution in [0.15, 0.2) is 0 Å². The molecule has 1 aliphatic heterocycles. The molecule has 3 nitrogen and oxygen atoms in total. The molecule has 0 aromatic heterocycles. The second kappa shape index (κ2) is 8.08. The lowest BCUT2D eigenvalue weighted by atomic mass is 10.1. The number of rotatable bonds is 8. The molecule has 3 heteroatoms. The highest BCUT2D eigenvalue weighted by molar-refractivity contribution is 4.73. The monoisotopic (exact) mass is 216 g/mol. The van der Waals surface area contributed by atoms with E-state index in [1.165, 1.54) is 12.8 Å². The Hall–Kier alpha value is -0.120. The van der Waals surface area contributed by atoms with Crippen LogP contribution in [0.4, 0.5) is 0 Å². The van der Waals surface area contributed by atoms with Crippen LogP contribution in [0, 0.1) is 0 Å². The van der Waals surface area contributed by atoms with Gasteiger partial charge in [0, 0.05) is 26.4 Å². The Morgan fingerprint density at radius 1 is 0.933 bits per heavy atom. The fraction of sp³-hybridized carbons (Fsp3) is 1.00. The molecule has 0 aromatic carbocycles. The van der Waals surface area contributed by atoms with Gasteiger partial charge < -0.3 is 14.2 Å². The van der Waals surface area contributed by atoms with E-state index in [4.69, 9.17) is 14.2 Å². The topological polar surface area (TPSA) is 27.7 Å². The van der Waals surface area contributed by atoms with Gasteiger partial charge in [0.2, 0.25) is 0 Å². The Morgan fingerprint density at radius 3 is 1.80 bits per heavy atom. The van der Waals surface area contributed by atoms with Crippen molar-refractivity contribution in [2.75, 3.05) is 26.4 Å². The smallest absolute Gasteiger partial charge is 0.0601 e. The molecule has 0 amide bonds. The van der Waals surface area contributed by atoms with Gasteiger partial charge in [-0.25, -0.2) is 0 Å². The van der Waals surface area contributed by atoms with Crippen LogP contribution in [-0.2, 0) is 14.2 Å². The molecule has 0 N–H and O–H groups in total. The van der Waals surface area contributed by atoms with Crippen LogP contribution in [0.2, 0.25) is 0 Å². The molecule has 90 valence electrons. The molecule has 2 unspecified atom stereocenters. The number of ether oxygens (including phenoxy) is 3. The molecule has 0 aliphatic carbocycles. The molecule has 0 radical (unpaired) electrons. The van der Waals surface area contributed by atoms with E-state index in [-0.39, 0.29) is 0 Å². The van der Waals surface area contributed by atoms with Gasteiger partial charge in [0.05, 0.1) is 12.2 Å². The van der Waals surface area contributed by atoms with Crippen LogP contribution in [0.1, 0.15) is 39.5 Å². The van der Waals surface area contributed by atoms with Crippen molar-refractivity contribution in [3.63, 3.8) is 0 Å². The lowest BCUT2D eigenvalue weighted by Gasteiger charge is -2.13. The highest BCUT2D eigenvalue weighted by Crippen LogP contribution is 2.24. The molecule has 1 fully saturated rings. The van der Waals surface area contributed by atoms with E-state index in [1.54, 1.807) is 0 Å². The zero-order chi connectivity index (χ0) is 10.9. The van der Waals surface area contributed by atoms with Crippen LogP contribution < -0.4 is 0 Å². The van der Waals surface area contributed by atoms with Gasteiger partial charge in [0.25, 0.3) is 0 Å². The summed E-state index contributed by atoms with van der Waals surface area (Å²) >= 11 is 0. The largest absolute Gasteiger partial charge is 0.382 e. The van der Waals surface area contributed by atoms with Crippen molar-refractivity contribution in [3.8, 4) is 0 Å². The highest BCUT2D eigenvalue weighted by Gasteiger charge is 2.24. The Balaban J connectivity index is 1.99. The van der Waals surface area contributed by atoms with Crippen molar-refractivity contribution < 1.29 is 14.2 Å². The third-order valence-corrected chi connectivity index (χ3v) is 2.77. The molecule has 1 saturated heterocycles. The summed E-state index contributed by atoms with van der Waals surface area (Å²) in [6.07, 6.45) is 5.29. The predicted octanol–water partition coefficient (Wildman–Crippen LogP) is 2.39. The van der Waals surface area contributed by atoms with Gasteiger partial charge in [-0.05, 0) is 39.5 Å². The Morgan fingerprint density at radius 2 is 1.40 bits per heavy atom. The van der Waals surface area contributed by atoms with E-state index in [2.05, 4.69) is 0 Å². The summed E-state index contributed by atoms with van der Waals surface area (Å²) in [7, 11) is 0. The zero-order valence-corrected chi connectivity index (χ0v) is 10.0. The van der Waals surface area contributed by atoms with Crippen LogP contribution in [0.3, 0.4) is 0 Å². The summed E-state index contributed by atoms with van der Waals surface area (Å²) in [4.78, 5) is 0. The summed E-state index contributed by atoms with van der Waals surface area (Å²) in [6, 6.07) is 0. The van der Waals surface area contributed by atoms with Gasteiger partial charge in [-0.3, -0.25) is 0 Å². The van der Waals surface area contributed by atoms with Gasteiger partial charge in [-0.1, -0.05) is 0 Å². The highest BCUT2D eigenvalue weighted by atomic mass is 16.5. The van der Waals surface area contributed by atoms with Gasteiger partial charge in [0.15, 0.2) is 0 Å². The first-order valence-electron chi connectivity index (χ1n) is 6.17. The van der Waals surface area contributed by atoms with Crippen LogP contribution in [0.25, 0.3) is 0 Å². The second-order valence-electron chi connectivity index (χ2n) is 3.93. The Bertz CT molecular complexity index is 134. The first kappa shape index (κ1) is 12.9. The second-order valence-corrected chi connectivity index (χ2v) is 3.93. The Kier molecular flexibility index (Phi) is 6.98. The van der Waals surface area contributed by atoms with E-state index < -0.39 is 0 Å². The van der Waals surface area contributed by atoms with Crippen LogP contribution >= 0.6 is 0 Å². The fourth-order valence-corrected chi connectivity index (χ4v) is 1.92. The van der Waals surface area contributed by atoms with Crippen LogP contribution in [-0.4, -0.2) is 38.6 Å². The molecule has 1 heterocycles. The predicted molar refractivity (Wildman–Crippen MR) is 60.1 cm³/mol. The molecule has 15 heavy (non-hydrogen) atoms. The average molecular weight is 216 g/mol. The van der Waals surface area contributed by atoms with Crippen molar-refractivity contribution in [1.29, 1.82) is 0 Å². The maximum Gasteiger partial charge on any atom is 0.0601 e.